The predicted octanol–water partition coefficient (Wildman–Crippen LogP) is 3.59. The first kappa shape index (κ1) is 14.0. The van der Waals surface area contributed by atoms with E-state index in [4.69, 9.17) is 11.6 Å². The summed E-state index contributed by atoms with van der Waals surface area (Å²) in [5.41, 5.74) is 1.29. The number of alkyl halides is 1. The minimum Gasteiger partial charge on any atom is -0.322 e. The van der Waals surface area contributed by atoms with E-state index in [-0.39, 0.29) is 11.3 Å². The van der Waals surface area contributed by atoms with Gasteiger partial charge in [-0.05, 0) is 23.8 Å². The molecule has 102 valence electrons. The van der Waals surface area contributed by atoms with Crippen LogP contribution >= 0.6 is 11.6 Å². The van der Waals surface area contributed by atoms with Crippen molar-refractivity contribution in [3.8, 4) is 0 Å². The molecule has 0 aromatic heterocycles. The lowest BCUT2D eigenvalue weighted by atomic mass is 10.1. The molecular weight excluding hydrogens is 280 g/mol. The molecule has 2 aromatic rings. The smallest absolute Gasteiger partial charge is 0.282 e. The Morgan fingerprint density at radius 1 is 1.15 bits per heavy atom. The number of para-hydroxylation sites is 1. The van der Waals surface area contributed by atoms with E-state index >= 15 is 0 Å². The summed E-state index contributed by atoms with van der Waals surface area (Å²) in [4.78, 5) is 22.3. The van der Waals surface area contributed by atoms with Crippen LogP contribution < -0.4 is 5.32 Å². The van der Waals surface area contributed by atoms with Gasteiger partial charge in [0.25, 0.3) is 11.6 Å². The van der Waals surface area contributed by atoms with Gasteiger partial charge in [0.2, 0.25) is 0 Å². The van der Waals surface area contributed by atoms with Gasteiger partial charge in [0.05, 0.1) is 4.92 Å². The molecule has 0 bridgehead atoms. The normalized spacial score (nSPS) is 10.1. The highest BCUT2D eigenvalue weighted by molar-refractivity contribution is 6.17. The van der Waals surface area contributed by atoms with Gasteiger partial charge in [-0.2, -0.15) is 0 Å². The van der Waals surface area contributed by atoms with Crippen molar-refractivity contribution in [3.05, 3.63) is 69.8 Å². The van der Waals surface area contributed by atoms with E-state index in [1.807, 2.05) is 0 Å². The number of carbonyl (C=O) groups is 1. The highest BCUT2D eigenvalue weighted by atomic mass is 35.5. The Balaban J connectivity index is 2.21. The van der Waals surface area contributed by atoms with Crippen LogP contribution in [0.1, 0.15) is 15.9 Å². The largest absolute Gasteiger partial charge is 0.322 e. The Labute approximate surface area is 120 Å². The number of nitro benzene ring substituents is 1. The molecule has 0 spiro atoms. The molecule has 0 fully saturated rings. The number of rotatable bonds is 4. The number of hydrogen-bond acceptors (Lipinski definition) is 3. The van der Waals surface area contributed by atoms with Gasteiger partial charge in [-0.15, -0.1) is 11.6 Å². The second-order valence-electron chi connectivity index (χ2n) is 4.06. The maximum atomic E-state index is 12.1. The van der Waals surface area contributed by atoms with Gasteiger partial charge >= 0.3 is 0 Å². The molecular formula is C14H11ClN2O3. The van der Waals surface area contributed by atoms with Gasteiger partial charge in [0.15, 0.2) is 0 Å². The number of nitrogens with one attached hydrogen (secondary N) is 1. The maximum Gasteiger partial charge on any atom is 0.282 e. The second-order valence-corrected chi connectivity index (χ2v) is 4.33. The summed E-state index contributed by atoms with van der Waals surface area (Å²) in [6.45, 7) is 0. The lowest BCUT2D eigenvalue weighted by Gasteiger charge is -2.06. The molecule has 2 aromatic carbocycles. The minimum absolute atomic E-state index is 0.0268. The van der Waals surface area contributed by atoms with Crippen molar-refractivity contribution < 1.29 is 9.72 Å². The Morgan fingerprint density at radius 2 is 1.80 bits per heavy atom. The summed E-state index contributed by atoms with van der Waals surface area (Å²) >= 11 is 5.67. The second kappa shape index (κ2) is 6.16. The molecule has 1 N–H and O–H groups in total. The summed E-state index contributed by atoms with van der Waals surface area (Å²) < 4.78 is 0. The monoisotopic (exact) mass is 290 g/mol. The summed E-state index contributed by atoms with van der Waals surface area (Å²) in [6.07, 6.45) is 0. The Morgan fingerprint density at radius 3 is 2.40 bits per heavy atom. The Kier molecular flexibility index (Phi) is 4.32. The number of hydrogen-bond donors (Lipinski definition) is 1. The van der Waals surface area contributed by atoms with Crippen LogP contribution in [-0.4, -0.2) is 10.8 Å². The standard InChI is InChI=1S/C14H11ClN2O3/c15-9-10-5-7-11(8-6-10)16-14(18)12-3-1-2-4-13(12)17(19)20/h1-8H,9H2,(H,16,18). The average Bonchev–Trinajstić information content (AvgIpc) is 2.48. The molecule has 0 aliphatic rings. The molecule has 0 atom stereocenters. The van der Waals surface area contributed by atoms with Crippen molar-refractivity contribution in [3.63, 3.8) is 0 Å². The summed E-state index contributed by atoms with van der Waals surface area (Å²) in [5.74, 6) is -0.130. The van der Waals surface area contributed by atoms with E-state index in [0.29, 0.717) is 11.6 Å². The zero-order valence-electron chi connectivity index (χ0n) is 10.4. The Hall–Kier alpha value is -2.40. The van der Waals surface area contributed by atoms with Crippen LogP contribution in [0, 0.1) is 10.1 Å². The van der Waals surface area contributed by atoms with Gasteiger partial charge in [-0.3, -0.25) is 14.9 Å². The van der Waals surface area contributed by atoms with Crippen LogP contribution in [-0.2, 0) is 5.88 Å². The van der Waals surface area contributed by atoms with Crippen molar-refractivity contribution in [2.75, 3.05) is 5.32 Å². The molecule has 0 aliphatic carbocycles. The summed E-state index contributed by atoms with van der Waals surface area (Å²) in [5, 5.41) is 13.5. The number of benzene rings is 2. The molecule has 1 amide bonds. The number of anilines is 1. The maximum absolute atomic E-state index is 12.1. The van der Waals surface area contributed by atoms with Gasteiger partial charge in [-0.25, -0.2) is 0 Å². The van der Waals surface area contributed by atoms with Crippen molar-refractivity contribution in [1.82, 2.24) is 0 Å². The van der Waals surface area contributed by atoms with E-state index in [9.17, 15) is 14.9 Å². The average molecular weight is 291 g/mol. The Bertz CT molecular complexity index is 641. The molecule has 2 rings (SSSR count). The first-order valence-corrected chi connectivity index (χ1v) is 6.35. The fourth-order valence-corrected chi connectivity index (χ4v) is 1.88. The third kappa shape index (κ3) is 3.13. The zero-order chi connectivity index (χ0) is 14.5. The fraction of sp³-hybridized carbons (Fsp3) is 0.0714. The summed E-state index contributed by atoms with van der Waals surface area (Å²) in [7, 11) is 0. The molecule has 20 heavy (non-hydrogen) atoms. The molecule has 0 saturated heterocycles. The van der Waals surface area contributed by atoms with E-state index in [1.54, 1.807) is 30.3 Å². The van der Waals surface area contributed by atoms with E-state index in [1.165, 1.54) is 18.2 Å². The molecule has 0 aliphatic heterocycles. The quantitative estimate of drug-likeness (QED) is 0.531. The van der Waals surface area contributed by atoms with Gasteiger partial charge < -0.3 is 5.32 Å². The number of nitrogens with zero attached hydrogens (tertiary/aromatic N) is 1. The fourth-order valence-electron chi connectivity index (χ4n) is 1.70. The van der Waals surface area contributed by atoms with Crippen LogP contribution in [0.3, 0.4) is 0 Å². The summed E-state index contributed by atoms with van der Waals surface area (Å²) in [6, 6.07) is 12.8. The van der Waals surface area contributed by atoms with Gasteiger partial charge in [-0.1, -0.05) is 24.3 Å². The predicted molar refractivity (Wildman–Crippen MR) is 77.0 cm³/mol. The van der Waals surface area contributed by atoms with Crippen molar-refractivity contribution >= 4 is 28.9 Å². The molecule has 0 radical (unpaired) electrons. The van der Waals surface area contributed by atoms with Crippen molar-refractivity contribution in [1.29, 1.82) is 0 Å². The molecule has 0 unspecified atom stereocenters. The van der Waals surface area contributed by atoms with E-state index in [0.717, 1.165) is 5.56 Å². The lowest BCUT2D eigenvalue weighted by molar-refractivity contribution is -0.385. The third-order valence-corrected chi connectivity index (χ3v) is 3.02. The minimum atomic E-state index is -0.578. The van der Waals surface area contributed by atoms with Crippen LogP contribution in [0.15, 0.2) is 48.5 Å². The number of halogens is 1. The first-order valence-electron chi connectivity index (χ1n) is 5.81. The van der Waals surface area contributed by atoms with Crippen molar-refractivity contribution in [2.45, 2.75) is 5.88 Å². The van der Waals surface area contributed by atoms with Crippen LogP contribution in [0.5, 0.6) is 0 Å². The first-order chi connectivity index (χ1) is 9.61. The van der Waals surface area contributed by atoms with E-state index < -0.39 is 10.8 Å². The third-order valence-electron chi connectivity index (χ3n) is 2.71. The van der Waals surface area contributed by atoms with E-state index in [2.05, 4.69) is 5.32 Å². The van der Waals surface area contributed by atoms with Crippen LogP contribution in [0.25, 0.3) is 0 Å². The zero-order valence-corrected chi connectivity index (χ0v) is 11.1. The van der Waals surface area contributed by atoms with Gasteiger partial charge in [0.1, 0.15) is 5.56 Å². The molecule has 0 heterocycles. The van der Waals surface area contributed by atoms with Crippen molar-refractivity contribution in [2.24, 2.45) is 0 Å². The lowest BCUT2D eigenvalue weighted by Crippen LogP contribution is -2.13. The van der Waals surface area contributed by atoms with Gasteiger partial charge in [0, 0.05) is 17.6 Å². The number of nitro groups is 1. The molecule has 6 heteroatoms. The highest BCUT2D eigenvalue weighted by Gasteiger charge is 2.18. The highest BCUT2D eigenvalue weighted by Crippen LogP contribution is 2.19. The number of amides is 1. The molecule has 0 saturated carbocycles. The number of carbonyl (C=O) groups excluding carboxylic acids is 1. The SMILES string of the molecule is O=C(Nc1ccc(CCl)cc1)c1ccccc1[N+](=O)[O-]. The van der Waals surface area contributed by atoms with Crippen LogP contribution in [0.4, 0.5) is 11.4 Å². The topological polar surface area (TPSA) is 72.2 Å². The van der Waals surface area contributed by atoms with Crippen LogP contribution in [0.2, 0.25) is 0 Å². The molecule has 5 nitrogen and oxygen atoms in total.